The van der Waals surface area contributed by atoms with Crippen LogP contribution in [-0.2, 0) is 18.3 Å². The number of ether oxygens (including phenoxy) is 3. The van der Waals surface area contributed by atoms with E-state index in [9.17, 15) is 9.59 Å². The molecule has 0 atom stereocenters. The van der Waals surface area contributed by atoms with Crippen molar-refractivity contribution in [3.8, 4) is 28.5 Å². The van der Waals surface area contributed by atoms with E-state index in [1.807, 2.05) is 55.8 Å². The van der Waals surface area contributed by atoms with E-state index in [1.165, 1.54) is 4.52 Å². The number of carbonyl (C=O) groups excluding carboxylic acids is 1. The molecule has 9 heteroatoms. The number of hydrogen-bond donors (Lipinski definition) is 1. The Kier molecular flexibility index (Phi) is 7.00. The predicted molar refractivity (Wildman–Crippen MR) is 138 cm³/mol. The summed E-state index contributed by atoms with van der Waals surface area (Å²) < 4.78 is 19.6. The summed E-state index contributed by atoms with van der Waals surface area (Å²) in [7, 11) is 6.51. The van der Waals surface area contributed by atoms with Crippen molar-refractivity contribution in [3.05, 3.63) is 69.6 Å². The van der Waals surface area contributed by atoms with Crippen LogP contribution in [0.5, 0.6) is 17.2 Å². The van der Waals surface area contributed by atoms with E-state index in [1.54, 1.807) is 33.5 Å². The van der Waals surface area contributed by atoms with Crippen molar-refractivity contribution in [2.45, 2.75) is 26.7 Å². The van der Waals surface area contributed by atoms with Crippen molar-refractivity contribution in [2.75, 3.05) is 26.6 Å². The number of aryl methyl sites for hydroxylation is 2. The van der Waals surface area contributed by atoms with Crippen LogP contribution in [0.1, 0.15) is 23.2 Å². The second-order valence-electron chi connectivity index (χ2n) is 8.56. The van der Waals surface area contributed by atoms with Crippen LogP contribution < -0.4 is 25.1 Å². The number of amides is 1. The summed E-state index contributed by atoms with van der Waals surface area (Å²) in [6.07, 6.45) is 0.474. The number of aromatic nitrogens is 3. The van der Waals surface area contributed by atoms with Crippen LogP contribution in [0.25, 0.3) is 16.9 Å². The van der Waals surface area contributed by atoms with Crippen LogP contribution in [0.15, 0.2) is 47.3 Å². The van der Waals surface area contributed by atoms with Gasteiger partial charge in [-0.1, -0.05) is 17.7 Å². The van der Waals surface area contributed by atoms with E-state index in [-0.39, 0.29) is 17.9 Å². The number of methoxy groups -OCH3 is 3. The fourth-order valence-corrected chi connectivity index (χ4v) is 4.17. The molecule has 0 aliphatic heterocycles. The lowest BCUT2D eigenvalue weighted by Crippen LogP contribution is -2.26. The van der Waals surface area contributed by atoms with Gasteiger partial charge in [-0.2, -0.15) is 9.61 Å². The summed E-state index contributed by atoms with van der Waals surface area (Å²) in [6.45, 7) is 3.86. The molecule has 2 heterocycles. The van der Waals surface area contributed by atoms with Gasteiger partial charge in [0.25, 0.3) is 5.56 Å². The third kappa shape index (κ3) is 4.64. The van der Waals surface area contributed by atoms with Crippen molar-refractivity contribution in [2.24, 2.45) is 7.05 Å². The first-order chi connectivity index (χ1) is 17.3. The highest BCUT2D eigenvalue weighted by molar-refractivity contribution is 5.90. The zero-order valence-electron chi connectivity index (χ0n) is 21.3. The second-order valence-corrected chi connectivity index (χ2v) is 8.56. The van der Waals surface area contributed by atoms with Gasteiger partial charge in [-0.05, 0) is 44.5 Å². The highest BCUT2D eigenvalue weighted by Gasteiger charge is 2.19. The molecular formula is C27H30N4O5. The Balaban J connectivity index is 1.66. The maximum atomic E-state index is 13.4. The number of nitrogens with zero attached hydrogens (tertiary/aromatic N) is 3. The van der Waals surface area contributed by atoms with Crippen molar-refractivity contribution in [3.63, 3.8) is 0 Å². The molecular weight excluding hydrogens is 460 g/mol. The van der Waals surface area contributed by atoms with Crippen LogP contribution in [0, 0.1) is 13.8 Å². The van der Waals surface area contributed by atoms with E-state index >= 15 is 0 Å². The first kappa shape index (κ1) is 24.8. The topological polar surface area (TPSA) is 96.1 Å². The average molecular weight is 491 g/mol. The largest absolute Gasteiger partial charge is 0.493 e. The van der Waals surface area contributed by atoms with Crippen molar-refractivity contribution in [1.29, 1.82) is 0 Å². The first-order valence-electron chi connectivity index (χ1n) is 11.5. The van der Waals surface area contributed by atoms with Gasteiger partial charge in [0.05, 0.1) is 27.0 Å². The van der Waals surface area contributed by atoms with E-state index in [0.29, 0.717) is 46.1 Å². The quantitative estimate of drug-likeness (QED) is 0.402. The zero-order valence-corrected chi connectivity index (χ0v) is 21.3. The SMILES string of the molecule is COc1cc(-c2cc3n(C)c(C)c(CCC(=O)Nc4ccc(C)cc4)c(=O)n3n2)cc(OC)c1OC. The zero-order chi connectivity index (χ0) is 26.0. The molecule has 0 radical (unpaired) electrons. The molecule has 0 unspecified atom stereocenters. The Morgan fingerprint density at radius 1 is 0.972 bits per heavy atom. The third-order valence-electron chi connectivity index (χ3n) is 6.32. The van der Waals surface area contributed by atoms with Crippen LogP contribution in [0.3, 0.4) is 0 Å². The van der Waals surface area contributed by atoms with Crippen LogP contribution in [-0.4, -0.2) is 41.4 Å². The molecule has 1 amide bonds. The molecule has 0 fully saturated rings. The number of benzene rings is 2. The van der Waals surface area contributed by atoms with E-state index in [4.69, 9.17) is 14.2 Å². The van der Waals surface area contributed by atoms with E-state index in [2.05, 4.69) is 10.4 Å². The van der Waals surface area contributed by atoms with Crippen LogP contribution in [0.4, 0.5) is 5.69 Å². The Hall–Kier alpha value is -4.27. The third-order valence-corrected chi connectivity index (χ3v) is 6.32. The van der Waals surface area contributed by atoms with E-state index < -0.39 is 0 Å². The van der Waals surface area contributed by atoms with E-state index in [0.717, 1.165) is 16.9 Å². The molecule has 188 valence electrons. The molecule has 2 aromatic carbocycles. The Bertz CT molecular complexity index is 1460. The van der Waals surface area contributed by atoms with Crippen molar-refractivity contribution in [1.82, 2.24) is 14.2 Å². The molecule has 9 nitrogen and oxygen atoms in total. The van der Waals surface area contributed by atoms with Gasteiger partial charge < -0.3 is 24.1 Å². The summed E-state index contributed by atoms with van der Waals surface area (Å²) in [5.74, 6) is 1.31. The molecule has 0 aliphatic rings. The monoisotopic (exact) mass is 490 g/mol. The molecule has 36 heavy (non-hydrogen) atoms. The molecule has 0 saturated carbocycles. The Morgan fingerprint density at radius 3 is 2.19 bits per heavy atom. The summed E-state index contributed by atoms with van der Waals surface area (Å²) in [5, 5.41) is 7.47. The summed E-state index contributed by atoms with van der Waals surface area (Å²) in [4.78, 5) is 25.9. The summed E-state index contributed by atoms with van der Waals surface area (Å²) in [5.41, 5.74) is 4.85. The molecule has 4 aromatic rings. The van der Waals surface area contributed by atoms with Gasteiger partial charge in [-0.15, -0.1) is 0 Å². The molecule has 0 aliphatic carbocycles. The van der Waals surface area contributed by atoms with Crippen molar-refractivity contribution >= 4 is 17.2 Å². The lowest BCUT2D eigenvalue weighted by molar-refractivity contribution is -0.116. The molecule has 0 bridgehead atoms. The molecule has 0 spiro atoms. The maximum absolute atomic E-state index is 13.4. The minimum Gasteiger partial charge on any atom is -0.493 e. The van der Waals surface area contributed by atoms with Crippen molar-refractivity contribution < 1.29 is 19.0 Å². The minimum absolute atomic E-state index is 0.154. The number of anilines is 1. The van der Waals surface area contributed by atoms with Gasteiger partial charge in [-0.3, -0.25) is 9.59 Å². The van der Waals surface area contributed by atoms with Crippen LogP contribution >= 0.6 is 0 Å². The lowest BCUT2D eigenvalue weighted by Gasteiger charge is -2.13. The van der Waals surface area contributed by atoms with Gasteiger partial charge in [0.15, 0.2) is 11.5 Å². The number of rotatable bonds is 8. The minimum atomic E-state index is -0.248. The highest BCUT2D eigenvalue weighted by Crippen LogP contribution is 2.41. The van der Waals surface area contributed by atoms with Gasteiger partial charge in [0, 0.05) is 42.0 Å². The lowest BCUT2D eigenvalue weighted by atomic mass is 10.1. The fourth-order valence-electron chi connectivity index (χ4n) is 4.17. The van der Waals surface area contributed by atoms with Gasteiger partial charge in [0.1, 0.15) is 5.65 Å². The molecule has 4 rings (SSSR count). The maximum Gasteiger partial charge on any atom is 0.277 e. The molecule has 1 N–H and O–H groups in total. The number of hydrogen-bond acceptors (Lipinski definition) is 6. The number of fused-ring (bicyclic) bond motifs is 1. The predicted octanol–water partition coefficient (Wildman–Crippen LogP) is 3.91. The smallest absolute Gasteiger partial charge is 0.277 e. The number of nitrogens with one attached hydrogen (secondary N) is 1. The standard InChI is InChI=1S/C27H30N4O5/c1-16-7-9-19(10-8-16)28-24(32)12-11-20-17(2)30(3)25-15-21(29-31(25)27(20)33)18-13-22(34-4)26(36-6)23(14-18)35-5/h7-10,13-15H,11-12H2,1-6H3,(H,28,32). The highest BCUT2D eigenvalue weighted by atomic mass is 16.5. The molecule has 2 aromatic heterocycles. The molecule has 0 saturated heterocycles. The number of carbonyl (C=O) groups is 1. The van der Waals surface area contributed by atoms with Gasteiger partial charge in [0.2, 0.25) is 11.7 Å². The second kappa shape index (κ2) is 10.2. The Labute approximate surface area is 209 Å². The Morgan fingerprint density at radius 2 is 1.61 bits per heavy atom. The first-order valence-corrected chi connectivity index (χ1v) is 11.5. The van der Waals surface area contributed by atoms with Crippen LogP contribution in [0.2, 0.25) is 0 Å². The van der Waals surface area contributed by atoms with Gasteiger partial charge >= 0.3 is 0 Å². The fraction of sp³-hybridized carbons (Fsp3) is 0.296. The van der Waals surface area contributed by atoms with Gasteiger partial charge in [-0.25, -0.2) is 0 Å². The summed E-state index contributed by atoms with van der Waals surface area (Å²) >= 11 is 0. The summed E-state index contributed by atoms with van der Waals surface area (Å²) in [6, 6.07) is 13.0. The normalized spacial score (nSPS) is 10.9. The average Bonchev–Trinajstić information content (AvgIpc) is 3.34.